The highest BCUT2D eigenvalue weighted by atomic mass is 79.9. The molecule has 0 atom stereocenters. The molecule has 0 saturated heterocycles. The lowest BCUT2D eigenvalue weighted by Crippen LogP contribution is -2.11. The SMILES string of the molecule is Cc1cc(OS(=O)(=O)c2cc(Br)c(C)cc2C)ccc1Cl. The molecule has 2 rings (SSSR count). The molecule has 21 heavy (non-hydrogen) atoms. The van der Waals surface area contributed by atoms with Gasteiger partial charge in [-0.3, -0.25) is 0 Å². The van der Waals surface area contributed by atoms with E-state index in [2.05, 4.69) is 15.9 Å². The molecule has 0 aliphatic heterocycles. The van der Waals surface area contributed by atoms with Crippen LogP contribution in [0.15, 0.2) is 39.7 Å². The third-order valence-corrected chi connectivity index (χ3v) is 5.73. The zero-order chi connectivity index (χ0) is 15.8. The van der Waals surface area contributed by atoms with Crippen LogP contribution in [0.25, 0.3) is 0 Å². The van der Waals surface area contributed by atoms with Crippen LogP contribution in [0.4, 0.5) is 0 Å². The molecule has 0 aliphatic rings. The van der Waals surface area contributed by atoms with Crippen molar-refractivity contribution in [3.63, 3.8) is 0 Å². The average Bonchev–Trinajstić information content (AvgIpc) is 2.37. The van der Waals surface area contributed by atoms with Crippen molar-refractivity contribution in [1.29, 1.82) is 0 Å². The van der Waals surface area contributed by atoms with Gasteiger partial charge in [0.1, 0.15) is 10.6 Å². The van der Waals surface area contributed by atoms with Crippen LogP contribution < -0.4 is 4.18 Å². The molecule has 0 spiro atoms. The Bertz CT molecular complexity index is 801. The molecule has 0 bridgehead atoms. The summed E-state index contributed by atoms with van der Waals surface area (Å²) in [6.45, 7) is 5.43. The first kappa shape index (κ1) is 16.3. The van der Waals surface area contributed by atoms with E-state index in [0.29, 0.717) is 10.6 Å². The van der Waals surface area contributed by atoms with Crippen molar-refractivity contribution in [2.24, 2.45) is 0 Å². The second kappa shape index (κ2) is 5.99. The van der Waals surface area contributed by atoms with E-state index in [1.807, 2.05) is 6.92 Å². The first-order valence-electron chi connectivity index (χ1n) is 6.18. The summed E-state index contributed by atoms with van der Waals surface area (Å²) in [5.41, 5.74) is 2.36. The topological polar surface area (TPSA) is 43.4 Å². The standard InChI is InChI=1S/C15H14BrClO3S/c1-9-6-11(3)15(8-13(9)16)21(18,19)20-12-4-5-14(17)10(2)7-12/h4-8H,1-3H3. The zero-order valence-corrected chi connectivity index (χ0v) is 14.9. The van der Waals surface area contributed by atoms with Crippen molar-refractivity contribution in [3.05, 3.63) is 56.5 Å². The molecule has 0 radical (unpaired) electrons. The lowest BCUT2D eigenvalue weighted by atomic mass is 10.2. The molecule has 2 aromatic rings. The van der Waals surface area contributed by atoms with Crippen molar-refractivity contribution < 1.29 is 12.6 Å². The largest absolute Gasteiger partial charge is 0.379 e. The van der Waals surface area contributed by atoms with Gasteiger partial charge < -0.3 is 4.18 Å². The molecule has 0 heterocycles. The highest BCUT2D eigenvalue weighted by molar-refractivity contribution is 9.10. The van der Waals surface area contributed by atoms with E-state index in [-0.39, 0.29) is 10.6 Å². The number of benzene rings is 2. The lowest BCUT2D eigenvalue weighted by Gasteiger charge is -2.11. The molecule has 0 N–H and O–H groups in total. The van der Waals surface area contributed by atoms with Crippen LogP contribution in [-0.2, 0) is 10.1 Å². The fourth-order valence-electron chi connectivity index (χ4n) is 1.92. The third-order valence-electron chi connectivity index (χ3n) is 3.06. The molecule has 0 aliphatic carbocycles. The third kappa shape index (κ3) is 3.59. The van der Waals surface area contributed by atoms with Crippen LogP contribution >= 0.6 is 27.5 Å². The van der Waals surface area contributed by atoms with E-state index in [1.165, 1.54) is 6.07 Å². The maximum absolute atomic E-state index is 12.4. The fraction of sp³-hybridized carbons (Fsp3) is 0.200. The smallest absolute Gasteiger partial charge is 0.339 e. The Labute approximate surface area is 138 Å². The molecule has 0 aromatic heterocycles. The molecule has 0 unspecified atom stereocenters. The molecule has 112 valence electrons. The number of aryl methyl sites for hydroxylation is 3. The van der Waals surface area contributed by atoms with Crippen LogP contribution in [0, 0.1) is 20.8 Å². The first-order valence-corrected chi connectivity index (χ1v) is 8.76. The van der Waals surface area contributed by atoms with Gasteiger partial charge in [0.15, 0.2) is 0 Å². The minimum Gasteiger partial charge on any atom is -0.379 e. The van der Waals surface area contributed by atoms with Crippen LogP contribution in [0.2, 0.25) is 5.02 Å². The van der Waals surface area contributed by atoms with Crippen molar-refractivity contribution >= 4 is 37.6 Å². The molecule has 0 saturated carbocycles. The van der Waals surface area contributed by atoms with Crippen molar-refractivity contribution in [2.75, 3.05) is 0 Å². The summed E-state index contributed by atoms with van der Waals surface area (Å²) in [5, 5.41) is 0.564. The van der Waals surface area contributed by atoms with E-state index in [1.54, 1.807) is 38.1 Å². The molecule has 6 heteroatoms. The van der Waals surface area contributed by atoms with E-state index < -0.39 is 10.1 Å². The van der Waals surface area contributed by atoms with Crippen LogP contribution in [0.1, 0.15) is 16.7 Å². The highest BCUT2D eigenvalue weighted by Crippen LogP contribution is 2.28. The molecule has 3 nitrogen and oxygen atoms in total. The first-order chi connectivity index (χ1) is 9.70. The molecule has 0 fully saturated rings. The van der Waals surface area contributed by atoms with Crippen LogP contribution in [-0.4, -0.2) is 8.42 Å². The molecule has 0 amide bonds. The number of hydrogen-bond donors (Lipinski definition) is 0. The van der Waals surface area contributed by atoms with Gasteiger partial charge >= 0.3 is 10.1 Å². The summed E-state index contributed by atoms with van der Waals surface area (Å²) >= 11 is 9.26. The predicted octanol–water partition coefficient (Wildman–Crippen LogP) is 4.80. The van der Waals surface area contributed by atoms with Crippen LogP contribution in [0.3, 0.4) is 0 Å². The number of hydrogen-bond acceptors (Lipinski definition) is 3. The van der Waals surface area contributed by atoms with Gasteiger partial charge in [-0.05, 0) is 61.7 Å². The summed E-state index contributed by atoms with van der Waals surface area (Å²) in [4.78, 5) is 0.146. The predicted molar refractivity (Wildman–Crippen MR) is 87.6 cm³/mol. The minimum atomic E-state index is -3.89. The van der Waals surface area contributed by atoms with Gasteiger partial charge in [-0.25, -0.2) is 0 Å². The van der Waals surface area contributed by atoms with Gasteiger partial charge in [-0.15, -0.1) is 0 Å². The van der Waals surface area contributed by atoms with Crippen molar-refractivity contribution in [3.8, 4) is 5.75 Å². The summed E-state index contributed by atoms with van der Waals surface area (Å²) < 4.78 is 30.7. The van der Waals surface area contributed by atoms with Crippen molar-refractivity contribution in [1.82, 2.24) is 0 Å². The van der Waals surface area contributed by atoms with Gasteiger partial charge in [0.05, 0.1) is 0 Å². The average molecular weight is 390 g/mol. The van der Waals surface area contributed by atoms with Gasteiger partial charge in [0.2, 0.25) is 0 Å². The number of halogens is 2. The van der Waals surface area contributed by atoms with E-state index >= 15 is 0 Å². The summed E-state index contributed by atoms with van der Waals surface area (Å²) in [6.07, 6.45) is 0. The van der Waals surface area contributed by atoms with E-state index in [0.717, 1.165) is 15.6 Å². The Hall–Kier alpha value is -1.04. The van der Waals surface area contributed by atoms with E-state index in [9.17, 15) is 8.42 Å². The maximum Gasteiger partial charge on any atom is 0.339 e. The second-order valence-corrected chi connectivity index (χ2v) is 7.59. The summed E-state index contributed by atoms with van der Waals surface area (Å²) in [7, 11) is -3.89. The Balaban J connectivity index is 2.43. The maximum atomic E-state index is 12.4. The van der Waals surface area contributed by atoms with Crippen LogP contribution in [0.5, 0.6) is 5.75 Å². The second-order valence-electron chi connectivity index (χ2n) is 4.82. The zero-order valence-electron chi connectivity index (χ0n) is 11.8. The van der Waals surface area contributed by atoms with Gasteiger partial charge in [0.25, 0.3) is 0 Å². The summed E-state index contributed by atoms with van der Waals surface area (Å²) in [6, 6.07) is 8.10. The molecule has 2 aromatic carbocycles. The monoisotopic (exact) mass is 388 g/mol. The Morgan fingerprint density at radius 1 is 1.00 bits per heavy atom. The van der Waals surface area contributed by atoms with Gasteiger partial charge in [-0.1, -0.05) is 33.6 Å². The Kier molecular flexibility index (Phi) is 4.66. The van der Waals surface area contributed by atoms with Gasteiger partial charge in [-0.2, -0.15) is 8.42 Å². The quantitative estimate of drug-likeness (QED) is 0.709. The Morgan fingerprint density at radius 3 is 2.29 bits per heavy atom. The Morgan fingerprint density at radius 2 is 1.67 bits per heavy atom. The van der Waals surface area contributed by atoms with Gasteiger partial charge in [0, 0.05) is 9.50 Å². The highest BCUT2D eigenvalue weighted by Gasteiger charge is 2.20. The lowest BCUT2D eigenvalue weighted by molar-refractivity contribution is 0.485. The van der Waals surface area contributed by atoms with E-state index in [4.69, 9.17) is 15.8 Å². The molecular formula is C15H14BrClO3S. The van der Waals surface area contributed by atoms with Crippen molar-refractivity contribution in [2.45, 2.75) is 25.7 Å². The summed E-state index contributed by atoms with van der Waals surface area (Å²) in [5.74, 6) is 0.244. The minimum absolute atomic E-state index is 0.146. The molecular weight excluding hydrogens is 376 g/mol. The normalized spacial score (nSPS) is 11.5. The fourth-order valence-corrected chi connectivity index (χ4v) is 3.69. The number of rotatable bonds is 3.